The van der Waals surface area contributed by atoms with E-state index >= 15 is 0 Å². The highest BCUT2D eigenvalue weighted by Gasteiger charge is 2.34. The maximum atomic E-state index is 12.8. The van der Waals surface area contributed by atoms with Crippen LogP contribution in [0.25, 0.3) is 0 Å². The molecule has 2 fully saturated rings. The molecule has 1 N–H and O–H groups in total. The van der Waals surface area contributed by atoms with E-state index in [1.165, 1.54) is 19.3 Å². The highest BCUT2D eigenvalue weighted by molar-refractivity contribution is 7.91. The minimum atomic E-state index is -3.03. The quantitative estimate of drug-likeness (QED) is 0.819. The summed E-state index contributed by atoms with van der Waals surface area (Å²) in [6.07, 6.45) is 4.28. The normalized spacial score (nSPS) is 22.8. The summed E-state index contributed by atoms with van der Waals surface area (Å²) >= 11 is 0. The molecule has 2 heterocycles. The maximum absolute atomic E-state index is 12.8. The van der Waals surface area contributed by atoms with Crippen LogP contribution in [0.2, 0.25) is 0 Å². The number of rotatable bonds is 6. The van der Waals surface area contributed by atoms with Crippen LogP contribution >= 0.6 is 0 Å². The molecule has 0 spiro atoms. The summed E-state index contributed by atoms with van der Waals surface area (Å²) in [4.78, 5) is 16.9. The molecule has 1 atom stereocenters. The fourth-order valence-corrected chi connectivity index (χ4v) is 5.50. The minimum Gasteiger partial charge on any atom is -0.337 e. The van der Waals surface area contributed by atoms with Gasteiger partial charge in [-0.25, -0.2) is 13.2 Å². The minimum absolute atomic E-state index is 0.0688. The Morgan fingerprint density at radius 3 is 2.54 bits per heavy atom. The summed E-state index contributed by atoms with van der Waals surface area (Å²) in [5.41, 5.74) is 1.02. The van der Waals surface area contributed by atoms with Gasteiger partial charge < -0.3 is 15.1 Å². The molecule has 144 valence electrons. The van der Waals surface area contributed by atoms with Crippen molar-refractivity contribution in [1.82, 2.24) is 15.1 Å². The molecular weight excluding hydrogens is 350 g/mol. The molecule has 0 aliphatic carbocycles. The largest absolute Gasteiger partial charge is 0.337 e. The van der Waals surface area contributed by atoms with E-state index in [0.717, 1.165) is 25.2 Å². The standard InChI is InChI=1S/C19H29N3O3S/c23-19(20-10-13-21-11-5-2-6-12-21)22(15-17-7-3-1-4-8-17)18-9-14-26(24,25)16-18/h1,3-4,7-8,18H,2,5-6,9-16H2,(H,20,23). The van der Waals surface area contributed by atoms with E-state index in [1.54, 1.807) is 4.90 Å². The molecule has 1 aromatic rings. The molecule has 3 rings (SSSR count). The number of sulfone groups is 1. The number of piperidine rings is 1. The Hall–Kier alpha value is -1.60. The van der Waals surface area contributed by atoms with E-state index in [-0.39, 0.29) is 23.6 Å². The number of likely N-dealkylation sites (tertiary alicyclic amines) is 1. The number of nitrogens with one attached hydrogen (secondary N) is 1. The molecule has 1 unspecified atom stereocenters. The van der Waals surface area contributed by atoms with Crippen molar-refractivity contribution in [3.8, 4) is 0 Å². The number of benzene rings is 1. The van der Waals surface area contributed by atoms with Gasteiger partial charge in [-0.05, 0) is 37.9 Å². The monoisotopic (exact) mass is 379 g/mol. The van der Waals surface area contributed by atoms with Crippen LogP contribution in [0, 0.1) is 0 Å². The van der Waals surface area contributed by atoms with Gasteiger partial charge in [0.15, 0.2) is 9.84 Å². The number of nitrogens with zero attached hydrogens (tertiary/aromatic N) is 2. The van der Waals surface area contributed by atoms with Crippen LogP contribution in [0.3, 0.4) is 0 Å². The fourth-order valence-electron chi connectivity index (χ4n) is 3.77. The Bertz CT molecular complexity index is 687. The third-order valence-corrected chi connectivity index (χ3v) is 7.01. The predicted octanol–water partition coefficient (Wildman–Crippen LogP) is 1.87. The maximum Gasteiger partial charge on any atom is 0.318 e. The first-order valence-electron chi connectivity index (χ1n) is 9.55. The molecule has 2 aliphatic rings. The molecule has 6 nitrogen and oxygen atoms in total. The molecule has 2 amide bonds. The third-order valence-electron chi connectivity index (χ3n) is 5.26. The fraction of sp³-hybridized carbons (Fsp3) is 0.632. The highest BCUT2D eigenvalue weighted by Crippen LogP contribution is 2.20. The van der Waals surface area contributed by atoms with E-state index in [0.29, 0.717) is 19.5 Å². The first-order chi connectivity index (χ1) is 12.5. The van der Waals surface area contributed by atoms with Crippen molar-refractivity contribution in [2.75, 3.05) is 37.7 Å². The Balaban J connectivity index is 1.59. The zero-order chi connectivity index (χ0) is 18.4. The molecule has 0 bridgehead atoms. The van der Waals surface area contributed by atoms with E-state index in [4.69, 9.17) is 0 Å². The first-order valence-corrected chi connectivity index (χ1v) is 11.4. The number of urea groups is 1. The van der Waals surface area contributed by atoms with Crippen molar-refractivity contribution < 1.29 is 13.2 Å². The van der Waals surface area contributed by atoms with Gasteiger partial charge in [-0.2, -0.15) is 0 Å². The van der Waals surface area contributed by atoms with Gasteiger partial charge in [-0.3, -0.25) is 0 Å². The number of carbonyl (C=O) groups is 1. The lowest BCUT2D eigenvalue weighted by atomic mass is 10.1. The second kappa shape index (κ2) is 8.86. The van der Waals surface area contributed by atoms with Crippen molar-refractivity contribution in [1.29, 1.82) is 0 Å². The number of amides is 2. The predicted molar refractivity (Wildman–Crippen MR) is 103 cm³/mol. The van der Waals surface area contributed by atoms with E-state index in [1.807, 2.05) is 30.3 Å². The van der Waals surface area contributed by atoms with Crippen molar-refractivity contribution in [2.24, 2.45) is 0 Å². The van der Waals surface area contributed by atoms with E-state index in [9.17, 15) is 13.2 Å². The van der Waals surface area contributed by atoms with Gasteiger partial charge in [-0.1, -0.05) is 36.8 Å². The van der Waals surface area contributed by atoms with Gasteiger partial charge in [0.1, 0.15) is 0 Å². The molecule has 7 heteroatoms. The molecule has 0 saturated carbocycles. The van der Waals surface area contributed by atoms with Crippen LogP contribution < -0.4 is 5.32 Å². The van der Waals surface area contributed by atoms with E-state index < -0.39 is 9.84 Å². The lowest BCUT2D eigenvalue weighted by Gasteiger charge is -2.30. The zero-order valence-electron chi connectivity index (χ0n) is 15.3. The molecular formula is C19H29N3O3S. The topological polar surface area (TPSA) is 69.7 Å². The number of hydrogen-bond donors (Lipinski definition) is 1. The van der Waals surface area contributed by atoms with Crippen molar-refractivity contribution >= 4 is 15.9 Å². The molecule has 2 saturated heterocycles. The van der Waals surface area contributed by atoms with Gasteiger partial charge in [0, 0.05) is 25.7 Å². The highest BCUT2D eigenvalue weighted by atomic mass is 32.2. The van der Waals surface area contributed by atoms with Crippen molar-refractivity contribution in [3.63, 3.8) is 0 Å². The molecule has 1 aromatic carbocycles. The van der Waals surface area contributed by atoms with Crippen LogP contribution in [-0.4, -0.2) is 68.0 Å². The molecule has 26 heavy (non-hydrogen) atoms. The summed E-state index contributed by atoms with van der Waals surface area (Å²) < 4.78 is 23.8. The van der Waals surface area contributed by atoms with Crippen LogP contribution in [-0.2, 0) is 16.4 Å². The van der Waals surface area contributed by atoms with Crippen LogP contribution in [0.5, 0.6) is 0 Å². The van der Waals surface area contributed by atoms with Crippen LogP contribution in [0.4, 0.5) is 4.79 Å². The third kappa shape index (κ3) is 5.45. The lowest BCUT2D eigenvalue weighted by Crippen LogP contribution is -2.48. The summed E-state index contributed by atoms with van der Waals surface area (Å²) in [6.45, 7) is 4.10. The van der Waals surface area contributed by atoms with Crippen molar-refractivity contribution in [2.45, 2.75) is 38.3 Å². The Morgan fingerprint density at radius 2 is 1.88 bits per heavy atom. The van der Waals surface area contributed by atoms with E-state index in [2.05, 4.69) is 10.2 Å². The smallest absolute Gasteiger partial charge is 0.318 e. The second-order valence-electron chi connectivity index (χ2n) is 7.30. The Labute approximate surface area is 156 Å². The number of hydrogen-bond acceptors (Lipinski definition) is 4. The van der Waals surface area contributed by atoms with Crippen molar-refractivity contribution in [3.05, 3.63) is 35.9 Å². The molecule has 0 aromatic heterocycles. The van der Waals surface area contributed by atoms with Gasteiger partial charge >= 0.3 is 6.03 Å². The van der Waals surface area contributed by atoms with Crippen LogP contribution in [0.1, 0.15) is 31.2 Å². The van der Waals surface area contributed by atoms with Gasteiger partial charge in [-0.15, -0.1) is 0 Å². The first kappa shape index (κ1) is 19.2. The Morgan fingerprint density at radius 1 is 1.15 bits per heavy atom. The molecule has 2 aliphatic heterocycles. The second-order valence-corrected chi connectivity index (χ2v) is 9.53. The summed E-state index contributed by atoms with van der Waals surface area (Å²) in [5, 5.41) is 3.01. The lowest BCUT2D eigenvalue weighted by molar-refractivity contribution is 0.172. The summed E-state index contributed by atoms with van der Waals surface area (Å²) in [6, 6.07) is 9.35. The Kier molecular flexibility index (Phi) is 6.53. The summed E-state index contributed by atoms with van der Waals surface area (Å²) in [5.74, 6) is 0.239. The summed E-state index contributed by atoms with van der Waals surface area (Å²) in [7, 11) is -3.03. The van der Waals surface area contributed by atoms with Gasteiger partial charge in [0.05, 0.1) is 11.5 Å². The SMILES string of the molecule is O=C(NCCN1CCCCC1)N(Cc1ccccc1)C1CCS(=O)(=O)C1. The average molecular weight is 380 g/mol. The molecule has 0 radical (unpaired) electrons. The number of carbonyl (C=O) groups excluding carboxylic acids is 1. The van der Waals surface area contributed by atoms with Gasteiger partial charge in [0.2, 0.25) is 0 Å². The van der Waals surface area contributed by atoms with Gasteiger partial charge in [0.25, 0.3) is 0 Å². The average Bonchev–Trinajstić information content (AvgIpc) is 3.01. The zero-order valence-corrected chi connectivity index (χ0v) is 16.1. The van der Waals surface area contributed by atoms with Crippen LogP contribution in [0.15, 0.2) is 30.3 Å².